The van der Waals surface area contributed by atoms with Crippen molar-refractivity contribution in [2.45, 2.75) is 6.10 Å². The Morgan fingerprint density at radius 2 is 2.44 bits per heavy atom. The van der Waals surface area contributed by atoms with E-state index in [4.69, 9.17) is 9.47 Å². The number of morpholine rings is 1. The lowest BCUT2D eigenvalue weighted by atomic mass is 10.1. The van der Waals surface area contributed by atoms with Gasteiger partial charge in [0.05, 0.1) is 19.8 Å². The van der Waals surface area contributed by atoms with Crippen molar-refractivity contribution in [3.63, 3.8) is 0 Å². The predicted octanol–water partition coefficient (Wildman–Crippen LogP) is 1.70. The maximum absolute atomic E-state index is 5.58. The van der Waals surface area contributed by atoms with Crippen LogP contribution in [0, 0.1) is 0 Å². The van der Waals surface area contributed by atoms with E-state index in [-0.39, 0.29) is 6.10 Å². The van der Waals surface area contributed by atoms with Crippen LogP contribution in [0.2, 0.25) is 0 Å². The van der Waals surface area contributed by atoms with Gasteiger partial charge in [0.15, 0.2) is 0 Å². The van der Waals surface area contributed by atoms with Gasteiger partial charge in [0.2, 0.25) is 0 Å². The molecule has 0 aliphatic carbocycles. The van der Waals surface area contributed by atoms with Gasteiger partial charge >= 0.3 is 0 Å². The van der Waals surface area contributed by atoms with E-state index >= 15 is 0 Å². The van der Waals surface area contributed by atoms with Gasteiger partial charge in [-0.25, -0.2) is 0 Å². The molecule has 86 valence electrons. The van der Waals surface area contributed by atoms with E-state index in [2.05, 4.69) is 23.5 Å². The van der Waals surface area contributed by atoms with Crippen LogP contribution in [-0.4, -0.2) is 32.9 Å². The van der Waals surface area contributed by atoms with Gasteiger partial charge in [-0.1, -0.05) is 24.3 Å². The normalized spacial score (nSPS) is 21.2. The Hall–Kier alpha value is -1.32. The zero-order chi connectivity index (χ0) is 11.2. The molecule has 3 heteroatoms. The number of methoxy groups -OCH3 is 1. The van der Waals surface area contributed by atoms with E-state index < -0.39 is 0 Å². The predicted molar refractivity (Wildman–Crippen MR) is 64.6 cm³/mol. The van der Waals surface area contributed by atoms with E-state index in [1.54, 1.807) is 7.11 Å². The summed E-state index contributed by atoms with van der Waals surface area (Å²) in [5, 5.41) is 3.29. The van der Waals surface area contributed by atoms with Gasteiger partial charge in [0.25, 0.3) is 0 Å². The number of ether oxygens (including phenoxy) is 2. The van der Waals surface area contributed by atoms with Crippen LogP contribution < -0.4 is 10.1 Å². The molecule has 1 aliphatic heterocycles. The molecule has 0 amide bonds. The van der Waals surface area contributed by atoms with E-state index in [0.717, 1.165) is 31.0 Å². The van der Waals surface area contributed by atoms with Crippen LogP contribution in [-0.2, 0) is 4.74 Å². The third kappa shape index (κ3) is 3.08. The van der Waals surface area contributed by atoms with Gasteiger partial charge in [-0.05, 0) is 17.7 Å². The molecule has 0 saturated carbocycles. The van der Waals surface area contributed by atoms with Crippen LogP contribution >= 0.6 is 0 Å². The van der Waals surface area contributed by atoms with E-state index in [1.807, 2.05) is 18.2 Å². The summed E-state index contributed by atoms with van der Waals surface area (Å²) in [7, 11) is 1.68. The van der Waals surface area contributed by atoms with Crippen molar-refractivity contribution < 1.29 is 9.47 Å². The molecule has 0 spiro atoms. The molecule has 1 unspecified atom stereocenters. The van der Waals surface area contributed by atoms with Crippen molar-refractivity contribution in [1.29, 1.82) is 0 Å². The summed E-state index contributed by atoms with van der Waals surface area (Å²) in [6.45, 7) is 2.62. The largest absolute Gasteiger partial charge is 0.497 e. The molecule has 1 aromatic rings. The number of rotatable bonds is 3. The molecule has 1 saturated heterocycles. The van der Waals surface area contributed by atoms with Crippen LogP contribution in [0.15, 0.2) is 30.3 Å². The molecule has 1 atom stereocenters. The van der Waals surface area contributed by atoms with Crippen molar-refractivity contribution in [3.8, 4) is 5.75 Å². The monoisotopic (exact) mass is 219 g/mol. The first-order valence-electron chi connectivity index (χ1n) is 5.53. The quantitative estimate of drug-likeness (QED) is 0.839. The molecule has 0 radical (unpaired) electrons. The maximum atomic E-state index is 5.58. The fraction of sp³-hybridized carbons (Fsp3) is 0.385. The minimum Gasteiger partial charge on any atom is -0.497 e. The number of hydrogen-bond acceptors (Lipinski definition) is 3. The highest BCUT2D eigenvalue weighted by molar-refractivity contribution is 5.52. The lowest BCUT2D eigenvalue weighted by Gasteiger charge is -2.20. The summed E-state index contributed by atoms with van der Waals surface area (Å²) in [4.78, 5) is 0. The van der Waals surface area contributed by atoms with Crippen LogP contribution in [0.4, 0.5) is 0 Å². The molecule has 1 fully saturated rings. The molecular weight excluding hydrogens is 202 g/mol. The Bertz CT molecular complexity index is 357. The zero-order valence-electron chi connectivity index (χ0n) is 9.48. The average Bonchev–Trinajstić information content (AvgIpc) is 2.38. The summed E-state index contributed by atoms with van der Waals surface area (Å²) in [6.07, 6.45) is 4.33. The molecule has 0 bridgehead atoms. The first-order valence-corrected chi connectivity index (χ1v) is 5.53. The highest BCUT2D eigenvalue weighted by Crippen LogP contribution is 2.14. The average molecular weight is 219 g/mol. The summed E-state index contributed by atoms with van der Waals surface area (Å²) in [6, 6.07) is 7.98. The van der Waals surface area contributed by atoms with Crippen molar-refractivity contribution in [2.24, 2.45) is 0 Å². The summed E-state index contributed by atoms with van der Waals surface area (Å²) in [5.41, 5.74) is 1.13. The standard InChI is InChI=1S/C13H17NO2/c1-15-12-4-2-3-11(9-12)5-6-13-10-14-7-8-16-13/h2-6,9,13-14H,7-8,10H2,1H3. The van der Waals surface area contributed by atoms with Gasteiger partial charge in [-0.15, -0.1) is 0 Å². The molecule has 1 heterocycles. The molecule has 3 nitrogen and oxygen atoms in total. The molecular formula is C13H17NO2. The van der Waals surface area contributed by atoms with Crippen molar-refractivity contribution in [1.82, 2.24) is 5.32 Å². The second-order valence-corrected chi connectivity index (χ2v) is 3.75. The van der Waals surface area contributed by atoms with Crippen LogP contribution in [0.5, 0.6) is 5.75 Å². The first kappa shape index (κ1) is 11.2. The Morgan fingerprint density at radius 1 is 1.50 bits per heavy atom. The number of hydrogen-bond donors (Lipinski definition) is 1. The third-order valence-electron chi connectivity index (χ3n) is 2.55. The topological polar surface area (TPSA) is 30.5 Å². The van der Waals surface area contributed by atoms with E-state index in [9.17, 15) is 0 Å². The Morgan fingerprint density at radius 3 is 3.19 bits per heavy atom. The van der Waals surface area contributed by atoms with Crippen molar-refractivity contribution in [3.05, 3.63) is 35.9 Å². The van der Waals surface area contributed by atoms with Gasteiger partial charge < -0.3 is 14.8 Å². The summed E-state index contributed by atoms with van der Waals surface area (Å²) >= 11 is 0. The minimum atomic E-state index is 0.181. The molecule has 1 aromatic carbocycles. The SMILES string of the molecule is COc1cccc(C=CC2CNCCO2)c1. The van der Waals surface area contributed by atoms with Gasteiger partial charge in [0, 0.05) is 13.1 Å². The molecule has 1 N–H and O–H groups in total. The van der Waals surface area contributed by atoms with Crippen LogP contribution in [0.3, 0.4) is 0 Å². The molecule has 16 heavy (non-hydrogen) atoms. The Kier molecular flexibility index (Phi) is 3.97. The van der Waals surface area contributed by atoms with Gasteiger partial charge in [-0.3, -0.25) is 0 Å². The Balaban J connectivity index is 1.98. The van der Waals surface area contributed by atoms with E-state index in [0.29, 0.717) is 0 Å². The number of benzene rings is 1. The molecule has 2 rings (SSSR count). The second kappa shape index (κ2) is 5.68. The summed E-state index contributed by atoms with van der Waals surface area (Å²) < 4.78 is 10.7. The van der Waals surface area contributed by atoms with Crippen molar-refractivity contribution >= 4 is 6.08 Å². The van der Waals surface area contributed by atoms with Crippen LogP contribution in [0.1, 0.15) is 5.56 Å². The van der Waals surface area contributed by atoms with E-state index in [1.165, 1.54) is 0 Å². The first-order chi connectivity index (χ1) is 7.88. The third-order valence-corrected chi connectivity index (χ3v) is 2.55. The lowest BCUT2D eigenvalue weighted by Crippen LogP contribution is -2.37. The van der Waals surface area contributed by atoms with Crippen LogP contribution in [0.25, 0.3) is 6.08 Å². The van der Waals surface area contributed by atoms with Gasteiger partial charge in [0.1, 0.15) is 5.75 Å². The fourth-order valence-corrected chi connectivity index (χ4v) is 1.67. The number of nitrogens with one attached hydrogen (secondary N) is 1. The molecule has 0 aromatic heterocycles. The second-order valence-electron chi connectivity index (χ2n) is 3.75. The molecule has 1 aliphatic rings. The minimum absolute atomic E-state index is 0.181. The zero-order valence-corrected chi connectivity index (χ0v) is 9.48. The smallest absolute Gasteiger partial charge is 0.119 e. The Labute approximate surface area is 96.1 Å². The summed E-state index contributed by atoms with van der Waals surface area (Å²) in [5.74, 6) is 0.879. The van der Waals surface area contributed by atoms with Crippen molar-refractivity contribution in [2.75, 3.05) is 26.8 Å². The fourth-order valence-electron chi connectivity index (χ4n) is 1.67. The maximum Gasteiger partial charge on any atom is 0.119 e. The van der Waals surface area contributed by atoms with Gasteiger partial charge in [-0.2, -0.15) is 0 Å². The highest BCUT2D eigenvalue weighted by Gasteiger charge is 2.08. The highest BCUT2D eigenvalue weighted by atomic mass is 16.5. The lowest BCUT2D eigenvalue weighted by molar-refractivity contribution is 0.0596.